The number of hydrogen-bond acceptors (Lipinski definition) is 3. The van der Waals surface area contributed by atoms with Crippen LogP contribution in [0, 0.1) is 11.3 Å². The molecule has 1 aromatic rings. The molecule has 90 valence electrons. The highest BCUT2D eigenvalue weighted by Gasteiger charge is 2.00. The van der Waals surface area contributed by atoms with E-state index in [-0.39, 0.29) is 0 Å². The number of ether oxygens (including phenoxy) is 1. The summed E-state index contributed by atoms with van der Waals surface area (Å²) in [4.78, 5) is 10.2. The molecule has 17 heavy (non-hydrogen) atoms. The first-order valence-electron chi connectivity index (χ1n) is 4.92. The van der Waals surface area contributed by atoms with Crippen LogP contribution in [0.2, 0.25) is 0 Å². The molecule has 0 bridgehead atoms. The van der Waals surface area contributed by atoms with Gasteiger partial charge in [-0.1, -0.05) is 15.9 Å². The number of nitrogens with one attached hydrogen (secondary N) is 1. The van der Waals surface area contributed by atoms with Crippen LogP contribution in [0.25, 0.3) is 0 Å². The Morgan fingerprint density at radius 1 is 1.53 bits per heavy atom. The molecule has 0 aliphatic rings. The quantitative estimate of drug-likeness (QED) is 0.818. The van der Waals surface area contributed by atoms with Gasteiger partial charge in [0.05, 0.1) is 18.2 Å². The molecule has 0 aromatic heterocycles. The van der Waals surface area contributed by atoms with Crippen molar-refractivity contribution < 1.29 is 14.6 Å². The summed E-state index contributed by atoms with van der Waals surface area (Å²) < 4.78 is 6.17. The first-order valence-corrected chi connectivity index (χ1v) is 5.71. The number of carbonyl (C=O) groups is 1. The first-order chi connectivity index (χ1) is 8.11. The molecule has 0 atom stereocenters. The monoisotopic (exact) mass is 298 g/mol. The number of nitriles is 1. The standard InChI is InChI=1S/C11H11BrN2O3/c12-9-4-8(7-13)5-10(6-9)17-3-1-2-14-11(15)16/h4-6,14H,1-3H2,(H,15,16). The van der Waals surface area contributed by atoms with Crippen LogP contribution >= 0.6 is 15.9 Å². The second kappa shape index (κ2) is 6.76. The minimum atomic E-state index is -1.04. The minimum Gasteiger partial charge on any atom is -0.493 e. The van der Waals surface area contributed by atoms with E-state index >= 15 is 0 Å². The number of rotatable bonds is 5. The van der Waals surface area contributed by atoms with E-state index in [2.05, 4.69) is 21.2 Å². The lowest BCUT2D eigenvalue weighted by Crippen LogP contribution is -2.23. The molecule has 0 aliphatic carbocycles. The van der Waals surface area contributed by atoms with Crippen molar-refractivity contribution in [2.75, 3.05) is 13.2 Å². The smallest absolute Gasteiger partial charge is 0.404 e. The molecule has 0 radical (unpaired) electrons. The van der Waals surface area contributed by atoms with Gasteiger partial charge in [-0.3, -0.25) is 0 Å². The van der Waals surface area contributed by atoms with Crippen molar-refractivity contribution in [1.29, 1.82) is 5.26 Å². The van der Waals surface area contributed by atoms with E-state index in [0.29, 0.717) is 30.9 Å². The van der Waals surface area contributed by atoms with Crippen LogP contribution in [0.3, 0.4) is 0 Å². The summed E-state index contributed by atoms with van der Waals surface area (Å²) in [5.74, 6) is 0.589. The Morgan fingerprint density at radius 2 is 2.29 bits per heavy atom. The summed E-state index contributed by atoms with van der Waals surface area (Å²) in [6.07, 6.45) is -0.472. The number of halogens is 1. The fraction of sp³-hybridized carbons (Fsp3) is 0.273. The first kappa shape index (κ1) is 13.3. The zero-order valence-electron chi connectivity index (χ0n) is 8.94. The normalized spacial score (nSPS) is 9.41. The average molecular weight is 299 g/mol. The van der Waals surface area contributed by atoms with Crippen molar-refractivity contribution in [3.63, 3.8) is 0 Å². The molecule has 0 heterocycles. The third kappa shape index (κ3) is 5.22. The zero-order chi connectivity index (χ0) is 12.7. The number of amides is 1. The Hall–Kier alpha value is -1.74. The topological polar surface area (TPSA) is 82.3 Å². The van der Waals surface area contributed by atoms with Crippen molar-refractivity contribution in [2.24, 2.45) is 0 Å². The largest absolute Gasteiger partial charge is 0.493 e. The molecule has 1 rings (SSSR count). The van der Waals surface area contributed by atoms with E-state index in [4.69, 9.17) is 15.1 Å². The molecule has 0 unspecified atom stereocenters. The molecule has 2 N–H and O–H groups in total. The minimum absolute atomic E-state index is 0.342. The lowest BCUT2D eigenvalue weighted by molar-refractivity contribution is 0.193. The van der Waals surface area contributed by atoms with Gasteiger partial charge < -0.3 is 15.2 Å². The van der Waals surface area contributed by atoms with Crippen LogP contribution in [0.15, 0.2) is 22.7 Å². The summed E-state index contributed by atoms with van der Waals surface area (Å²) in [6.45, 7) is 0.732. The third-order valence-electron chi connectivity index (χ3n) is 1.87. The molecule has 1 aromatic carbocycles. The molecule has 6 heteroatoms. The molecule has 0 spiro atoms. The number of hydrogen-bond donors (Lipinski definition) is 2. The summed E-state index contributed by atoms with van der Waals surface area (Å²) in [5, 5.41) is 19.3. The van der Waals surface area contributed by atoms with Gasteiger partial charge in [-0.15, -0.1) is 0 Å². The van der Waals surface area contributed by atoms with Crippen molar-refractivity contribution >= 4 is 22.0 Å². The fourth-order valence-electron chi connectivity index (χ4n) is 1.17. The number of carboxylic acid groups (broad SMARTS) is 1. The lowest BCUT2D eigenvalue weighted by atomic mass is 10.2. The molecule has 5 nitrogen and oxygen atoms in total. The summed E-state index contributed by atoms with van der Waals surface area (Å²) in [7, 11) is 0. The highest BCUT2D eigenvalue weighted by Crippen LogP contribution is 2.21. The van der Waals surface area contributed by atoms with E-state index in [1.807, 2.05) is 6.07 Å². The van der Waals surface area contributed by atoms with Crippen molar-refractivity contribution in [3.8, 4) is 11.8 Å². The second-order valence-electron chi connectivity index (χ2n) is 3.22. The molecule has 1 amide bonds. The molecule has 0 saturated heterocycles. The molecule has 0 aliphatic heterocycles. The molecule has 0 fully saturated rings. The maximum absolute atomic E-state index is 10.2. The average Bonchev–Trinajstić information content (AvgIpc) is 2.27. The highest BCUT2D eigenvalue weighted by molar-refractivity contribution is 9.10. The van der Waals surface area contributed by atoms with Gasteiger partial charge in [-0.05, 0) is 24.6 Å². The van der Waals surface area contributed by atoms with Gasteiger partial charge in [0, 0.05) is 11.0 Å². The Labute approximate surface area is 107 Å². The van der Waals surface area contributed by atoms with E-state index < -0.39 is 6.09 Å². The van der Waals surface area contributed by atoms with E-state index in [9.17, 15) is 4.79 Å². The van der Waals surface area contributed by atoms with Crippen molar-refractivity contribution in [1.82, 2.24) is 5.32 Å². The predicted molar refractivity (Wildman–Crippen MR) is 65.0 cm³/mol. The fourth-order valence-corrected chi connectivity index (χ4v) is 1.64. The number of benzene rings is 1. The van der Waals surface area contributed by atoms with Gasteiger partial charge in [-0.2, -0.15) is 5.26 Å². The predicted octanol–water partition coefficient (Wildman–Crippen LogP) is 2.36. The summed E-state index contributed by atoms with van der Waals surface area (Å²) in [5.41, 5.74) is 0.512. The summed E-state index contributed by atoms with van der Waals surface area (Å²) in [6, 6.07) is 7.11. The van der Waals surface area contributed by atoms with E-state index in [0.717, 1.165) is 4.47 Å². The number of nitrogens with zero attached hydrogens (tertiary/aromatic N) is 1. The maximum atomic E-state index is 10.2. The summed E-state index contributed by atoms with van der Waals surface area (Å²) >= 11 is 3.27. The molecular weight excluding hydrogens is 288 g/mol. The van der Waals surface area contributed by atoms with E-state index in [1.165, 1.54) is 0 Å². The van der Waals surface area contributed by atoms with Gasteiger partial charge in [0.1, 0.15) is 5.75 Å². The van der Waals surface area contributed by atoms with Gasteiger partial charge in [0.15, 0.2) is 0 Å². The lowest BCUT2D eigenvalue weighted by Gasteiger charge is -2.07. The molecular formula is C11H11BrN2O3. The van der Waals surface area contributed by atoms with Gasteiger partial charge in [-0.25, -0.2) is 4.79 Å². The zero-order valence-corrected chi connectivity index (χ0v) is 10.5. The molecule has 0 saturated carbocycles. The Kier molecular flexibility index (Phi) is 5.30. The Balaban J connectivity index is 2.39. The van der Waals surface area contributed by atoms with Crippen LogP contribution in [0.5, 0.6) is 5.75 Å². The van der Waals surface area contributed by atoms with Gasteiger partial charge >= 0.3 is 6.09 Å². The van der Waals surface area contributed by atoms with Crippen LogP contribution < -0.4 is 10.1 Å². The van der Waals surface area contributed by atoms with E-state index in [1.54, 1.807) is 18.2 Å². The van der Waals surface area contributed by atoms with Crippen LogP contribution in [-0.4, -0.2) is 24.4 Å². The SMILES string of the molecule is N#Cc1cc(Br)cc(OCCCNC(=O)O)c1. The van der Waals surface area contributed by atoms with Crippen LogP contribution in [0.4, 0.5) is 4.79 Å². The van der Waals surface area contributed by atoms with Crippen LogP contribution in [-0.2, 0) is 0 Å². The third-order valence-corrected chi connectivity index (χ3v) is 2.32. The van der Waals surface area contributed by atoms with Crippen molar-refractivity contribution in [2.45, 2.75) is 6.42 Å². The van der Waals surface area contributed by atoms with Gasteiger partial charge in [0.25, 0.3) is 0 Å². The highest BCUT2D eigenvalue weighted by atomic mass is 79.9. The second-order valence-corrected chi connectivity index (χ2v) is 4.14. The van der Waals surface area contributed by atoms with Crippen molar-refractivity contribution in [3.05, 3.63) is 28.2 Å². The Morgan fingerprint density at radius 3 is 2.94 bits per heavy atom. The maximum Gasteiger partial charge on any atom is 0.404 e. The van der Waals surface area contributed by atoms with Gasteiger partial charge in [0.2, 0.25) is 0 Å². The van der Waals surface area contributed by atoms with Crippen LogP contribution in [0.1, 0.15) is 12.0 Å². The Bertz CT molecular complexity index is 443.